The molecule has 2 fully saturated rings. The summed E-state index contributed by atoms with van der Waals surface area (Å²) < 4.78 is 0.295. The minimum atomic E-state index is 0.295. The second-order valence-electron chi connectivity index (χ2n) is 4.93. The van der Waals surface area contributed by atoms with E-state index in [1.807, 2.05) is 0 Å². The predicted molar refractivity (Wildman–Crippen MR) is 73.4 cm³/mol. The molecule has 0 aromatic rings. The number of alkyl halides is 1. The minimum Gasteiger partial charge on any atom is -0.332 e. The third-order valence-electron chi connectivity index (χ3n) is 3.62. The fraction of sp³-hybridized carbons (Fsp3) is 0.917. The number of hydrogen-bond donors (Lipinski definition) is 0. The van der Waals surface area contributed by atoms with Crippen molar-refractivity contribution in [2.24, 2.45) is 0 Å². The van der Waals surface area contributed by atoms with Crippen LogP contribution in [0.1, 0.15) is 44.9 Å². The minimum absolute atomic E-state index is 0.295. The maximum absolute atomic E-state index is 11.9. The SMILES string of the molecule is O=C1SC2(CCCCC2)CN1CCCCBr. The number of rotatable bonds is 4. The van der Waals surface area contributed by atoms with Crippen molar-refractivity contribution in [2.45, 2.75) is 49.7 Å². The number of halogens is 1. The van der Waals surface area contributed by atoms with Crippen molar-refractivity contribution in [3.63, 3.8) is 0 Å². The van der Waals surface area contributed by atoms with E-state index in [2.05, 4.69) is 20.8 Å². The normalized spacial score (nSPS) is 24.3. The number of carbonyl (C=O) groups is 1. The van der Waals surface area contributed by atoms with Crippen molar-refractivity contribution in [1.82, 2.24) is 4.90 Å². The smallest absolute Gasteiger partial charge is 0.282 e. The zero-order valence-corrected chi connectivity index (χ0v) is 12.1. The summed E-state index contributed by atoms with van der Waals surface area (Å²) in [5, 5.41) is 1.38. The number of hydrogen-bond acceptors (Lipinski definition) is 2. The topological polar surface area (TPSA) is 20.3 Å². The molecule has 92 valence electrons. The van der Waals surface area contributed by atoms with Gasteiger partial charge in [-0.2, -0.15) is 0 Å². The van der Waals surface area contributed by atoms with E-state index in [4.69, 9.17) is 0 Å². The van der Waals surface area contributed by atoms with Crippen LogP contribution < -0.4 is 0 Å². The summed E-state index contributed by atoms with van der Waals surface area (Å²) in [5.74, 6) is 0. The third kappa shape index (κ3) is 2.95. The van der Waals surface area contributed by atoms with Crippen LogP contribution >= 0.6 is 27.7 Å². The van der Waals surface area contributed by atoms with Crippen LogP contribution in [0.25, 0.3) is 0 Å². The van der Waals surface area contributed by atoms with Crippen LogP contribution in [0.2, 0.25) is 0 Å². The van der Waals surface area contributed by atoms with Crippen LogP contribution in [0.4, 0.5) is 4.79 Å². The third-order valence-corrected chi connectivity index (χ3v) is 5.58. The first-order valence-corrected chi connectivity index (χ1v) is 8.23. The van der Waals surface area contributed by atoms with E-state index < -0.39 is 0 Å². The van der Waals surface area contributed by atoms with Crippen LogP contribution in [0.5, 0.6) is 0 Å². The Kier molecular flexibility index (Phi) is 4.59. The van der Waals surface area contributed by atoms with Gasteiger partial charge >= 0.3 is 0 Å². The summed E-state index contributed by atoms with van der Waals surface area (Å²) in [7, 11) is 0. The lowest BCUT2D eigenvalue weighted by atomic mass is 9.88. The molecule has 1 amide bonds. The molecule has 2 nitrogen and oxygen atoms in total. The molecule has 1 saturated heterocycles. The Morgan fingerprint density at radius 1 is 1.25 bits per heavy atom. The first kappa shape index (κ1) is 12.7. The van der Waals surface area contributed by atoms with E-state index in [0.717, 1.165) is 24.8 Å². The lowest BCUT2D eigenvalue weighted by Gasteiger charge is -2.31. The maximum Gasteiger partial charge on any atom is 0.282 e. The molecule has 1 heterocycles. The summed E-state index contributed by atoms with van der Waals surface area (Å²) in [5.41, 5.74) is 0. The van der Waals surface area contributed by atoms with Gasteiger partial charge < -0.3 is 4.90 Å². The molecule has 1 aliphatic carbocycles. The van der Waals surface area contributed by atoms with Crippen molar-refractivity contribution in [3.05, 3.63) is 0 Å². The summed E-state index contributed by atoms with van der Waals surface area (Å²) in [4.78, 5) is 14.0. The van der Waals surface area contributed by atoms with Crippen molar-refractivity contribution < 1.29 is 4.79 Å². The number of thioether (sulfide) groups is 1. The van der Waals surface area contributed by atoms with Gasteiger partial charge in [-0.15, -0.1) is 0 Å². The Balaban J connectivity index is 1.85. The van der Waals surface area contributed by atoms with E-state index in [9.17, 15) is 4.79 Å². The monoisotopic (exact) mass is 305 g/mol. The van der Waals surface area contributed by atoms with E-state index in [0.29, 0.717) is 9.99 Å². The molecule has 0 bridgehead atoms. The van der Waals surface area contributed by atoms with Gasteiger partial charge in [-0.25, -0.2) is 0 Å². The van der Waals surface area contributed by atoms with Gasteiger partial charge in [0.25, 0.3) is 5.24 Å². The van der Waals surface area contributed by atoms with E-state index in [1.54, 1.807) is 11.8 Å². The molecule has 0 unspecified atom stereocenters. The highest BCUT2D eigenvalue weighted by atomic mass is 79.9. The molecule has 0 radical (unpaired) electrons. The first-order chi connectivity index (χ1) is 7.76. The molecule has 1 aliphatic heterocycles. The highest BCUT2D eigenvalue weighted by molar-refractivity contribution is 9.09. The second kappa shape index (κ2) is 5.76. The Morgan fingerprint density at radius 2 is 2.00 bits per heavy atom. The standard InChI is InChI=1S/C12H20BrNOS/c13-8-4-5-9-14-10-12(16-11(14)15)6-2-1-3-7-12/h1-10H2. The van der Waals surface area contributed by atoms with Gasteiger partial charge in [0.15, 0.2) is 0 Å². The van der Waals surface area contributed by atoms with E-state index in [1.165, 1.54) is 38.5 Å². The molecule has 2 rings (SSSR count). The molecular weight excluding hydrogens is 286 g/mol. The Bertz CT molecular complexity index is 253. The molecule has 1 spiro atoms. The van der Waals surface area contributed by atoms with Crippen molar-refractivity contribution in [2.75, 3.05) is 18.4 Å². The molecule has 0 aromatic heterocycles. The van der Waals surface area contributed by atoms with Crippen LogP contribution in [0.3, 0.4) is 0 Å². The molecule has 1 saturated carbocycles. The predicted octanol–water partition coefficient (Wildman–Crippen LogP) is 4.03. The van der Waals surface area contributed by atoms with Gasteiger partial charge in [-0.05, 0) is 25.7 Å². The maximum atomic E-state index is 11.9. The first-order valence-electron chi connectivity index (χ1n) is 6.30. The Hall–Kier alpha value is 0.300. The molecule has 2 aliphatic rings. The molecule has 4 heteroatoms. The average Bonchev–Trinajstić information content (AvgIpc) is 2.57. The largest absolute Gasteiger partial charge is 0.332 e. The van der Waals surface area contributed by atoms with E-state index in [-0.39, 0.29) is 0 Å². The Morgan fingerprint density at radius 3 is 2.69 bits per heavy atom. The molecule has 0 aromatic carbocycles. The van der Waals surface area contributed by atoms with Crippen LogP contribution in [-0.4, -0.2) is 33.3 Å². The van der Waals surface area contributed by atoms with Gasteiger partial charge in [-0.1, -0.05) is 47.0 Å². The zero-order chi connectivity index (χ0) is 11.4. The van der Waals surface area contributed by atoms with Gasteiger partial charge in [0.1, 0.15) is 0 Å². The number of amides is 1. The fourth-order valence-electron chi connectivity index (χ4n) is 2.72. The number of nitrogens with zero attached hydrogens (tertiary/aromatic N) is 1. The lowest BCUT2D eigenvalue weighted by Crippen LogP contribution is -2.34. The van der Waals surface area contributed by atoms with Crippen molar-refractivity contribution >= 4 is 32.9 Å². The summed E-state index contributed by atoms with van der Waals surface area (Å²) in [6.07, 6.45) is 8.79. The second-order valence-corrected chi connectivity index (χ2v) is 7.14. The number of unbranched alkanes of at least 4 members (excludes halogenated alkanes) is 1. The highest BCUT2D eigenvalue weighted by Crippen LogP contribution is 2.46. The van der Waals surface area contributed by atoms with Gasteiger partial charge in [0.05, 0.1) is 0 Å². The number of carbonyl (C=O) groups excluding carboxylic acids is 1. The van der Waals surface area contributed by atoms with Gasteiger partial charge in [0.2, 0.25) is 0 Å². The molecular formula is C12H20BrNOS. The zero-order valence-electron chi connectivity index (χ0n) is 9.71. The van der Waals surface area contributed by atoms with Crippen LogP contribution in [-0.2, 0) is 0 Å². The van der Waals surface area contributed by atoms with Crippen molar-refractivity contribution in [1.29, 1.82) is 0 Å². The van der Waals surface area contributed by atoms with Crippen molar-refractivity contribution in [3.8, 4) is 0 Å². The van der Waals surface area contributed by atoms with Gasteiger partial charge in [-0.3, -0.25) is 4.79 Å². The summed E-state index contributed by atoms with van der Waals surface area (Å²) in [6.45, 7) is 1.97. The summed E-state index contributed by atoms with van der Waals surface area (Å²) >= 11 is 5.07. The Labute approximate surface area is 111 Å². The lowest BCUT2D eigenvalue weighted by molar-refractivity contribution is 0.218. The van der Waals surface area contributed by atoms with Crippen LogP contribution in [0.15, 0.2) is 0 Å². The summed E-state index contributed by atoms with van der Waals surface area (Å²) in [6, 6.07) is 0. The molecule has 0 atom stereocenters. The average molecular weight is 306 g/mol. The molecule has 0 N–H and O–H groups in total. The molecule has 16 heavy (non-hydrogen) atoms. The van der Waals surface area contributed by atoms with Crippen LogP contribution in [0, 0.1) is 0 Å². The van der Waals surface area contributed by atoms with E-state index >= 15 is 0 Å². The fourth-order valence-corrected chi connectivity index (χ4v) is 4.48. The highest BCUT2D eigenvalue weighted by Gasteiger charge is 2.44. The quantitative estimate of drug-likeness (QED) is 0.577. The van der Waals surface area contributed by atoms with Gasteiger partial charge in [0, 0.05) is 23.2 Å².